The first-order chi connectivity index (χ1) is 14.1. The molecule has 4 aromatic rings. The second-order valence-electron chi connectivity index (χ2n) is 6.76. The quantitative estimate of drug-likeness (QED) is 0.512. The Kier molecular flexibility index (Phi) is 4.90. The molecule has 0 saturated heterocycles. The number of anilines is 1. The Balaban J connectivity index is 1.92. The highest BCUT2D eigenvalue weighted by molar-refractivity contribution is 6.10. The lowest BCUT2D eigenvalue weighted by Crippen LogP contribution is -2.32. The Labute approximate surface area is 167 Å². The van der Waals surface area contributed by atoms with Crippen molar-refractivity contribution in [2.24, 2.45) is 5.10 Å². The molecule has 4 rings (SSSR count). The molecule has 3 heterocycles. The van der Waals surface area contributed by atoms with Gasteiger partial charge in [0.15, 0.2) is 5.65 Å². The molecule has 1 amide bonds. The number of benzene rings is 1. The molecule has 29 heavy (non-hydrogen) atoms. The van der Waals surface area contributed by atoms with E-state index in [1.54, 1.807) is 18.6 Å². The van der Waals surface area contributed by atoms with E-state index in [0.717, 1.165) is 12.0 Å². The van der Waals surface area contributed by atoms with Gasteiger partial charge in [-0.05, 0) is 43.2 Å². The molecule has 0 bridgehead atoms. The van der Waals surface area contributed by atoms with Crippen molar-refractivity contribution in [3.63, 3.8) is 0 Å². The number of rotatable bonds is 5. The molecule has 3 N–H and O–H groups in total. The second kappa shape index (κ2) is 7.67. The molecule has 3 aromatic heterocycles. The minimum Gasteiger partial charge on any atom is -0.383 e. The first-order valence-electron chi connectivity index (χ1n) is 9.40. The predicted molar refractivity (Wildman–Crippen MR) is 114 cm³/mol. The van der Waals surface area contributed by atoms with E-state index in [2.05, 4.69) is 25.4 Å². The average molecular weight is 387 g/mol. The fraction of sp³-hybridized carbons (Fsp3) is 0.190. The van der Waals surface area contributed by atoms with Gasteiger partial charge < -0.3 is 11.1 Å². The maximum absolute atomic E-state index is 12.9. The van der Waals surface area contributed by atoms with Gasteiger partial charge in [0.05, 0.1) is 17.2 Å². The van der Waals surface area contributed by atoms with Crippen molar-refractivity contribution in [2.45, 2.75) is 26.3 Å². The number of nitrogen functional groups attached to an aromatic ring is 1. The minimum atomic E-state index is -0.288. The summed E-state index contributed by atoms with van der Waals surface area (Å²) in [4.78, 5) is 26.3. The summed E-state index contributed by atoms with van der Waals surface area (Å²) in [6, 6.07) is 11.1. The van der Waals surface area contributed by atoms with E-state index < -0.39 is 0 Å². The van der Waals surface area contributed by atoms with E-state index in [1.807, 2.05) is 50.2 Å². The van der Waals surface area contributed by atoms with Crippen molar-refractivity contribution < 1.29 is 4.79 Å². The van der Waals surface area contributed by atoms with Gasteiger partial charge in [0.25, 0.3) is 5.91 Å². The first kappa shape index (κ1) is 18.5. The van der Waals surface area contributed by atoms with Crippen LogP contribution in [0, 0.1) is 0 Å². The number of nitrogens with zero attached hydrogens (tertiary/aromatic N) is 5. The molecule has 8 heteroatoms. The second-order valence-corrected chi connectivity index (χ2v) is 6.76. The standard InChI is InChI=1S/C21H21N7O/c1-3-13(2)25-21(29)17-18-20(27-16-7-5-4-6-15(16)26-18)28(19(17)22)24-12-14-8-10-23-11-9-14/h4-13H,3,22H2,1-2H3,(H,25,29)/b24-12-/t13-/m1/s1. The van der Waals surface area contributed by atoms with Crippen LogP contribution in [-0.4, -0.2) is 37.8 Å². The molecular weight excluding hydrogens is 366 g/mol. The number of hydrogen-bond donors (Lipinski definition) is 2. The van der Waals surface area contributed by atoms with Crippen LogP contribution >= 0.6 is 0 Å². The zero-order valence-corrected chi connectivity index (χ0v) is 16.2. The van der Waals surface area contributed by atoms with Gasteiger partial charge in [0.2, 0.25) is 0 Å². The molecule has 146 valence electrons. The van der Waals surface area contributed by atoms with Crippen molar-refractivity contribution >= 4 is 40.1 Å². The normalized spacial score (nSPS) is 12.6. The molecule has 0 fully saturated rings. The van der Waals surface area contributed by atoms with Crippen LogP contribution in [0.15, 0.2) is 53.9 Å². The number of nitrogens with one attached hydrogen (secondary N) is 1. The van der Waals surface area contributed by atoms with E-state index in [1.165, 1.54) is 4.68 Å². The van der Waals surface area contributed by atoms with E-state index in [0.29, 0.717) is 22.2 Å². The Morgan fingerprint density at radius 2 is 1.90 bits per heavy atom. The average Bonchev–Trinajstić information content (AvgIpc) is 3.01. The number of para-hydroxylation sites is 2. The zero-order valence-electron chi connectivity index (χ0n) is 16.2. The highest BCUT2D eigenvalue weighted by Crippen LogP contribution is 2.28. The van der Waals surface area contributed by atoms with Gasteiger partial charge in [-0.25, -0.2) is 9.97 Å². The summed E-state index contributed by atoms with van der Waals surface area (Å²) in [5.74, 6) is -0.0919. The van der Waals surface area contributed by atoms with Crippen molar-refractivity contribution in [1.29, 1.82) is 0 Å². The SMILES string of the molecule is CC[C@@H](C)NC(=O)c1c(N)n(/N=C\c2ccncc2)c2nc3ccccc3nc12. The van der Waals surface area contributed by atoms with Crippen molar-refractivity contribution in [1.82, 2.24) is 24.9 Å². The van der Waals surface area contributed by atoms with Gasteiger partial charge in [-0.1, -0.05) is 19.1 Å². The monoisotopic (exact) mass is 387 g/mol. The Morgan fingerprint density at radius 3 is 2.59 bits per heavy atom. The Morgan fingerprint density at radius 1 is 1.21 bits per heavy atom. The number of fused-ring (bicyclic) bond motifs is 2. The van der Waals surface area contributed by atoms with Gasteiger partial charge in [-0.3, -0.25) is 9.78 Å². The molecule has 0 radical (unpaired) electrons. The molecular formula is C21H21N7O. The minimum absolute atomic E-state index is 0.00837. The summed E-state index contributed by atoms with van der Waals surface area (Å²) in [6.07, 6.45) is 5.80. The zero-order chi connectivity index (χ0) is 20.4. The number of amides is 1. The van der Waals surface area contributed by atoms with Gasteiger partial charge in [0.1, 0.15) is 16.9 Å². The summed E-state index contributed by atoms with van der Waals surface area (Å²) in [5, 5.41) is 7.42. The fourth-order valence-corrected chi connectivity index (χ4v) is 2.96. The number of pyridine rings is 1. The molecule has 0 unspecified atom stereocenters. The third-order valence-corrected chi connectivity index (χ3v) is 4.72. The summed E-state index contributed by atoms with van der Waals surface area (Å²) < 4.78 is 1.46. The molecule has 8 nitrogen and oxygen atoms in total. The van der Waals surface area contributed by atoms with Gasteiger partial charge in [0, 0.05) is 18.4 Å². The van der Waals surface area contributed by atoms with E-state index in [4.69, 9.17) is 5.73 Å². The number of hydrogen-bond acceptors (Lipinski definition) is 6. The maximum Gasteiger partial charge on any atom is 0.257 e. The number of carbonyl (C=O) groups excluding carboxylic acids is 1. The summed E-state index contributed by atoms with van der Waals surface area (Å²) >= 11 is 0. The first-order valence-corrected chi connectivity index (χ1v) is 9.40. The van der Waals surface area contributed by atoms with E-state index in [-0.39, 0.29) is 23.3 Å². The van der Waals surface area contributed by atoms with Crippen molar-refractivity contribution in [2.75, 3.05) is 5.73 Å². The highest BCUT2D eigenvalue weighted by atomic mass is 16.1. The van der Waals surface area contributed by atoms with Crippen LogP contribution in [0.4, 0.5) is 5.82 Å². The van der Waals surface area contributed by atoms with Crippen LogP contribution in [0.25, 0.3) is 22.2 Å². The highest BCUT2D eigenvalue weighted by Gasteiger charge is 2.24. The molecule has 0 aliphatic heterocycles. The summed E-state index contributed by atoms with van der Waals surface area (Å²) in [5.41, 5.74) is 9.73. The van der Waals surface area contributed by atoms with Crippen molar-refractivity contribution in [3.8, 4) is 0 Å². The maximum atomic E-state index is 12.9. The van der Waals surface area contributed by atoms with Crippen LogP contribution in [0.3, 0.4) is 0 Å². The van der Waals surface area contributed by atoms with Crippen LogP contribution in [0.2, 0.25) is 0 Å². The molecule has 1 atom stereocenters. The lowest BCUT2D eigenvalue weighted by molar-refractivity contribution is 0.0941. The van der Waals surface area contributed by atoms with Gasteiger partial charge in [-0.2, -0.15) is 9.78 Å². The molecule has 0 aliphatic carbocycles. The van der Waals surface area contributed by atoms with Crippen LogP contribution < -0.4 is 11.1 Å². The van der Waals surface area contributed by atoms with E-state index in [9.17, 15) is 4.79 Å². The van der Waals surface area contributed by atoms with Gasteiger partial charge >= 0.3 is 0 Å². The number of aromatic nitrogens is 4. The molecule has 0 spiro atoms. The summed E-state index contributed by atoms with van der Waals surface area (Å²) in [7, 11) is 0. The lowest BCUT2D eigenvalue weighted by atomic mass is 10.2. The lowest BCUT2D eigenvalue weighted by Gasteiger charge is -2.11. The topological polar surface area (TPSA) is 111 Å². The van der Waals surface area contributed by atoms with Crippen LogP contribution in [0.5, 0.6) is 0 Å². The fourth-order valence-electron chi connectivity index (χ4n) is 2.96. The van der Waals surface area contributed by atoms with E-state index >= 15 is 0 Å². The third kappa shape index (κ3) is 3.52. The third-order valence-electron chi connectivity index (χ3n) is 4.72. The predicted octanol–water partition coefficient (Wildman–Crippen LogP) is 2.97. The molecule has 0 saturated carbocycles. The van der Waals surface area contributed by atoms with Crippen LogP contribution in [-0.2, 0) is 0 Å². The van der Waals surface area contributed by atoms with Gasteiger partial charge in [-0.15, -0.1) is 0 Å². The Bertz CT molecular complexity index is 1210. The molecule has 0 aliphatic rings. The van der Waals surface area contributed by atoms with Crippen molar-refractivity contribution in [3.05, 3.63) is 59.9 Å². The largest absolute Gasteiger partial charge is 0.383 e. The number of carbonyl (C=O) groups is 1. The smallest absolute Gasteiger partial charge is 0.257 e. The molecule has 1 aromatic carbocycles. The van der Waals surface area contributed by atoms with Crippen LogP contribution in [0.1, 0.15) is 36.2 Å². The number of nitrogens with two attached hydrogens (primary N) is 1. The summed E-state index contributed by atoms with van der Waals surface area (Å²) in [6.45, 7) is 3.94. The Hall–Kier alpha value is -3.81.